The smallest absolute Gasteiger partial charge is 0.321 e. The number of aromatic amines is 1. The molecular formula is C36H45N3O4S. The van der Waals surface area contributed by atoms with E-state index >= 15 is 0 Å². The number of carboxylic acids is 1. The molecule has 0 saturated heterocycles. The standard InChI is InChI=1S/C36H45N3O4S/c1-4-6-17-36(18-7-5-2)24-39(30-14-9-8-10-15-30)33-19-26(3)28(21-34(33)44(42,43)25-36)23-37-32(35(40)41)22-29-20-27-13-11-12-16-31(27)38-29/h8-16,19-21,32,37-38H,4-7,17-18,22-25H2,1-3H3,(H,40,41)/t32-/m1/s1. The van der Waals surface area contributed by atoms with Crippen LogP contribution in [0.3, 0.4) is 0 Å². The maximum absolute atomic E-state index is 14.3. The first-order valence-corrected chi connectivity index (χ1v) is 17.5. The Morgan fingerprint density at radius 1 is 1.00 bits per heavy atom. The number of anilines is 2. The summed E-state index contributed by atoms with van der Waals surface area (Å²) in [6.45, 7) is 7.19. The number of carboxylic acid groups (broad SMARTS) is 1. The van der Waals surface area contributed by atoms with Crippen molar-refractivity contribution in [3.05, 3.63) is 89.6 Å². The molecule has 0 fully saturated rings. The molecule has 234 valence electrons. The van der Waals surface area contributed by atoms with E-state index in [0.29, 0.717) is 17.1 Å². The van der Waals surface area contributed by atoms with Crippen molar-refractivity contribution in [3.63, 3.8) is 0 Å². The van der Waals surface area contributed by atoms with Crippen LogP contribution in [-0.4, -0.2) is 42.8 Å². The number of aromatic nitrogens is 1. The predicted octanol–water partition coefficient (Wildman–Crippen LogP) is 7.55. The van der Waals surface area contributed by atoms with Gasteiger partial charge in [-0.05, 0) is 72.7 Å². The van der Waals surface area contributed by atoms with Crippen molar-refractivity contribution in [1.29, 1.82) is 0 Å². The quantitative estimate of drug-likeness (QED) is 0.144. The zero-order chi connectivity index (χ0) is 31.3. The van der Waals surface area contributed by atoms with Gasteiger partial charge in [0, 0.05) is 41.8 Å². The normalized spacial score (nSPS) is 16.4. The third-order valence-electron chi connectivity index (χ3n) is 9.07. The highest BCUT2D eigenvalue weighted by atomic mass is 32.2. The summed E-state index contributed by atoms with van der Waals surface area (Å²) in [7, 11) is -3.64. The zero-order valence-electron chi connectivity index (χ0n) is 26.1. The van der Waals surface area contributed by atoms with Gasteiger partial charge in [-0.15, -0.1) is 0 Å². The van der Waals surface area contributed by atoms with Crippen LogP contribution in [-0.2, 0) is 27.6 Å². The Balaban J connectivity index is 1.49. The minimum atomic E-state index is -3.64. The summed E-state index contributed by atoms with van der Waals surface area (Å²) in [6, 6.07) is 22.9. The van der Waals surface area contributed by atoms with Crippen molar-refractivity contribution in [1.82, 2.24) is 10.3 Å². The number of nitrogens with one attached hydrogen (secondary N) is 2. The van der Waals surface area contributed by atoms with E-state index in [1.807, 2.05) is 61.5 Å². The number of H-pyrrole nitrogens is 1. The molecule has 0 spiro atoms. The number of aliphatic carboxylic acids is 1. The van der Waals surface area contributed by atoms with Crippen LogP contribution in [0.5, 0.6) is 0 Å². The molecule has 4 aromatic rings. The van der Waals surface area contributed by atoms with Crippen molar-refractivity contribution in [3.8, 4) is 0 Å². The molecule has 0 unspecified atom stereocenters. The second kappa shape index (κ2) is 13.6. The van der Waals surface area contributed by atoms with Crippen LogP contribution in [0.2, 0.25) is 0 Å². The van der Waals surface area contributed by atoms with Gasteiger partial charge in [-0.2, -0.15) is 0 Å². The molecule has 1 aliphatic heterocycles. The fraction of sp³-hybridized carbons (Fsp3) is 0.417. The summed E-state index contributed by atoms with van der Waals surface area (Å²) >= 11 is 0. The van der Waals surface area contributed by atoms with Gasteiger partial charge >= 0.3 is 5.97 Å². The molecule has 0 amide bonds. The van der Waals surface area contributed by atoms with Crippen LogP contribution in [0, 0.1) is 12.3 Å². The Bertz CT molecular complexity index is 1660. The van der Waals surface area contributed by atoms with E-state index < -0.39 is 21.8 Å². The maximum atomic E-state index is 14.3. The Morgan fingerprint density at radius 3 is 2.34 bits per heavy atom. The van der Waals surface area contributed by atoms with Crippen LogP contribution in [0.1, 0.15) is 69.2 Å². The van der Waals surface area contributed by atoms with Crippen LogP contribution in [0.25, 0.3) is 10.9 Å². The number of benzene rings is 3. The minimum absolute atomic E-state index is 0.115. The number of para-hydroxylation sites is 2. The highest BCUT2D eigenvalue weighted by molar-refractivity contribution is 7.91. The van der Waals surface area contributed by atoms with Crippen LogP contribution >= 0.6 is 0 Å². The molecule has 44 heavy (non-hydrogen) atoms. The molecule has 1 aromatic heterocycles. The predicted molar refractivity (Wildman–Crippen MR) is 178 cm³/mol. The molecule has 0 aliphatic carbocycles. The lowest BCUT2D eigenvalue weighted by Gasteiger charge is -2.37. The lowest BCUT2D eigenvalue weighted by atomic mass is 9.79. The van der Waals surface area contributed by atoms with Crippen LogP contribution in [0.15, 0.2) is 77.7 Å². The summed E-state index contributed by atoms with van der Waals surface area (Å²) in [4.78, 5) is 18.1. The fourth-order valence-corrected chi connectivity index (χ4v) is 8.78. The Kier molecular flexibility index (Phi) is 9.81. The topological polar surface area (TPSA) is 102 Å². The average molecular weight is 616 g/mol. The first-order chi connectivity index (χ1) is 21.1. The summed E-state index contributed by atoms with van der Waals surface area (Å²) in [6.07, 6.45) is 6.02. The van der Waals surface area contributed by atoms with Gasteiger partial charge < -0.3 is 15.0 Å². The Labute approximate surface area is 261 Å². The molecule has 3 N–H and O–H groups in total. The monoisotopic (exact) mass is 615 g/mol. The van der Waals surface area contributed by atoms with Crippen molar-refractivity contribution in [2.45, 2.75) is 83.2 Å². The van der Waals surface area contributed by atoms with E-state index in [4.69, 9.17) is 0 Å². The van der Waals surface area contributed by atoms with Crippen molar-refractivity contribution in [2.24, 2.45) is 5.41 Å². The van der Waals surface area contributed by atoms with Gasteiger partial charge in [-0.25, -0.2) is 8.42 Å². The second-order valence-electron chi connectivity index (χ2n) is 12.5. The lowest BCUT2D eigenvalue weighted by molar-refractivity contribution is -0.139. The van der Waals surface area contributed by atoms with E-state index in [0.717, 1.165) is 71.9 Å². The Morgan fingerprint density at radius 2 is 1.68 bits per heavy atom. The van der Waals surface area contributed by atoms with Gasteiger partial charge in [0.25, 0.3) is 0 Å². The molecule has 1 aliphatic rings. The molecule has 8 heteroatoms. The zero-order valence-corrected chi connectivity index (χ0v) is 26.9. The van der Waals surface area contributed by atoms with E-state index in [2.05, 4.69) is 41.2 Å². The molecular weight excluding hydrogens is 570 g/mol. The minimum Gasteiger partial charge on any atom is -0.480 e. The molecule has 3 aromatic carbocycles. The average Bonchev–Trinajstić information content (AvgIpc) is 3.39. The number of carbonyl (C=O) groups is 1. The first kappa shape index (κ1) is 31.8. The highest BCUT2D eigenvalue weighted by Gasteiger charge is 2.42. The van der Waals surface area contributed by atoms with Crippen LogP contribution in [0.4, 0.5) is 11.4 Å². The lowest BCUT2D eigenvalue weighted by Crippen LogP contribution is -2.38. The van der Waals surface area contributed by atoms with E-state index in [1.165, 1.54) is 0 Å². The Hall–Kier alpha value is -3.62. The van der Waals surface area contributed by atoms with Crippen molar-refractivity contribution < 1.29 is 18.3 Å². The molecule has 1 atom stereocenters. The number of rotatable bonds is 13. The molecule has 0 saturated carbocycles. The van der Waals surface area contributed by atoms with E-state index in [9.17, 15) is 18.3 Å². The maximum Gasteiger partial charge on any atom is 0.321 e. The number of sulfone groups is 1. The van der Waals surface area contributed by atoms with Gasteiger partial charge in [0.05, 0.1) is 16.3 Å². The largest absolute Gasteiger partial charge is 0.480 e. The van der Waals surface area contributed by atoms with Gasteiger partial charge in [0.15, 0.2) is 9.84 Å². The molecule has 0 bridgehead atoms. The molecule has 0 radical (unpaired) electrons. The number of unbranched alkanes of at least 4 members (excludes halogenated alkanes) is 2. The van der Waals surface area contributed by atoms with Crippen molar-refractivity contribution >= 4 is 38.1 Å². The third-order valence-corrected chi connectivity index (χ3v) is 11.1. The molecule has 7 nitrogen and oxygen atoms in total. The SMILES string of the molecule is CCCCC1(CCCC)CN(c2ccccc2)c2cc(C)c(CN[C@H](Cc3cc4ccccc4[nH]3)C(=O)O)cc2S(=O)(=O)C1. The number of nitrogens with zero attached hydrogens (tertiary/aromatic N) is 1. The summed E-state index contributed by atoms with van der Waals surface area (Å²) < 4.78 is 28.6. The number of fused-ring (bicyclic) bond motifs is 2. The summed E-state index contributed by atoms with van der Waals surface area (Å²) in [5.74, 6) is -0.833. The van der Waals surface area contributed by atoms with Gasteiger partial charge in [0.2, 0.25) is 0 Å². The number of aryl methyl sites for hydroxylation is 1. The van der Waals surface area contributed by atoms with E-state index in [1.54, 1.807) is 6.07 Å². The van der Waals surface area contributed by atoms with Gasteiger partial charge in [-0.3, -0.25) is 10.1 Å². The molecule has 2 heterocycles. The van der Waals surface area contributed by atoms with Gasteiger partial charge in [0.1, 0.15) is 6.04 Å². The fourth-order valence-electron chi connectivity index (χ4n) is 6.63. The van der Waals surface area contributed by atoms with Gasteiger partial charge in [-0.1, -0.05) is 75.9 Å². The summed E-state index contributed by atoms with van der Waals surface area (Å²) in [5.41, 5.74) is 4.85. The second-order valence-corrected chi connectivity index (χ2v) is 14.4. The number of hydrogen-bond donors (Lipinski definition) is 3. The number of hydrogen-bond acceptors (Lipinski definition) is 5. The first-order valence-electron chi connectivity index (χ1n) is 15.9. The van der Waals surface area contributed by atoms with Crippen LogP contribution < -0.4 is 10.2 Å². The van der Waals surface area contributed by atoms with E-state index in [-0.39, 0.29) is 24.1 Å². The summed E-state index contributed by atoms with van der Waals surface area (Å²) in [5, 5.41) is 14.3. The van der Waals surface area contributed by atoms with Crippen molar-refractivity contribution in [2.75, 3.05) is 17.2 Å². The highest BCUT2D eigenvalue weighted by Crippen LogP contribution is 2.45. The third kappa shape index (κ3) is 7.02. The molecule has 5 rings (SSSR count).